The van der Waals surface area contributed by atoms with Crippen molar-refractivity contribution in [3.8, 4) is 0 Å². The number of carboxylic acids is 2. The molecule has 10 heteroatoms. The van der Waals surface area contributed by atoms with Gasteiger partial charge >= 0.3 is 11.9 Å². The van der Waals surface area contributed by atoms with Gasteiger partial charge in [0, 0.05) is 72.1 Å². The van der Waals surface area contributed by atoms with Gasteiger partial charge in [-0.25, -0.2) is 0 Å². The summed E-state index contributed by atoms with van der Waals surface area (Å²) in [5.41, 5.74) is 0. The summed E-state index contributed by atoms with van der Waals surface area (Å²) in [6, 6.07) is 0.429. The topological polar surface area (TPSA) is 118 Å². The van der Waals surface area contributed by atoms with Gasteiger partial charge in [0.05, 0.1) is 19.7 Å². The van der Waals surface area contributed by atoms with E-state index in [1.807, 2.05) is 4.90 Å². The van der Waals surface area contributed by atoms with Gasteiger partial charge in [-0.2, -0.15) is 0 Å². The van der Waals surface area contributed by atoms with Gasteiger partial charge in [0.25, 0.3) is 0 Å². The van der Waals surface area contributed by atoms with Gasteiger partial charge in [0.1, 0.15) is 0 Å². The molecular weight excluding hydrogens is 378 g/mol. The van der Waals surface area contributed by atoms with Crippen LogP contribution in [-0.4, -0.2) is 136 Å². The van der Waals surface area contributed by atoms with Crippen molar-refractivity contribution in [2.24, 2.45) is 0 Å². The lowest BCUT2D eigenvalue weighted by atomic mass is 10.3. The van der Waals surface area contributed by atoms with Gasteiger partial charge in [0.15, 0.2) is 0 Å². The zero-order valence-electron chi connectivity index (χ0n) is 18.5. The highest BCUT2D eigenvalue weighted by Crippen LogP contribution is 1.96. The van der Waals surface area contributed by atoms with E-state index < -0.39 is 11.9 Å². The molecule has 0 fully saturated rings. The van der Waals surface area contributed by atoms with E-state index in [2.05, 4.69) is 29.4 Å². The molecule has 0 aromatic carbocycles. The molecule has 0 radical (unpaired) electrons. The molecule has 0 rings (SSSR count). The van der Waals surface area contributed by atoms with Crippen LogP contribution in [0.15, 0.2) is 0 Å². The average molecular weight is 420 g/mol. The number of nitrogens with one attached hydrogen (secondary N) is 2. The highest BCUT2D eigenvalue weighted by Gasteiger charge is 2.11. The molecule has 0 aliphatic rings. The van der Waals surface area contributed by atoms with E-state index in [9.17, 15) is 9.59 Å². The summed E-state index contributed by atoms with van der Waals surface area (Å²) in [6.07, 6.45) is 0. The average Bonchev–Trinajstić information content (AvgIpc) is 2.62. The maximum absolute atomic E-state index is 10.9. The lowest BCUT2D eigenvalue weighted by Crippen LogP contribution is -2.43. The smallest absolute Gasteiger partial charge is 0.317 e. The Balaban J connectivity index is 3.95. The summed E-state index contributed by atoms with van der Waals surface area (Å²) >= 11 is 0. The molecule has 0 aromatic heterocycles. The number of carbonyl (C=O) groups is 2. The Hall–Kier alpha value is -1.30. The summed E-state index contributed by atoms with van der Waals surface area (Å²) in [5, 5.41) is 24.4. The summed E-state index contributed by atoms with van der Waals surface area (Å²) in [5.74, 6) is -1.63. The van der Waals surface area contributed by atoms with Crippen LogP contribution in [0.5, 0.6) is 0 Å². The minimum absolute atomic E-state index is 0.0243. The summed E-state index contributed by atoms with van der Waals surface area (Å²) in [7, 11) is 3.41. The van der Waals surface area contributed by atoms with Crippen molar-refractivity contribution in [1.29, 1.82) is 0 Å². The summed E-state index contributed by atoms with van der Waals surface area (Å²) in [6.45, 7) is 11.9. The Morgan fingerprint density at radius 1 is 0.862 bits per heavy atom. The molecule has 10 nitrogen and oxygen atoms in total. The lowest BCUT2D eigenvalue weighted by Gasteiger charge is -2.27. The Morgan fingerprint density at radius 3 is 1.86 bits per heavy atom. The van der Waals surface area contributed by atoms with Crippen LogP contribution in [0.1, 0.15) is 13.8 Å². The number of hydrogen-bond acceptors (Lipinski definition) is 8. The van der Waals surface area contributed by atoms with E-state index in [0.717, 1.165) is 39.3 Å². The van der Waals surface area contributed by atoms with Crippen molar-refractivity contribution in [2.75, 3.05) is 92.8 Å². The predicted molar refractivity (Wildman–Crippen MR) is 114 cm³/mol. The molecule has 0 bridgehead atoms. The third-order valence-electron chi connectivity index (χ3n) is 4.53. The standard InChI is InChI=1S/C19H41N5O5/c1-17(2)24(11-7-20-5-9-22(3)15-18(25)26)12-8-21-6-10-23(13-14-29-4)16-19(27)28/h17,20-21H,5-16H2,1-4H3,(H,25,26)(H,27,28). The predicted octanol–water partition coefficient (Wildman–Crippen LogP) is -1.07. The zero-order chi connectivity index (χ0) is 22.1. The molecule has 0 unspecified atom stereocenters. The van der Waals surface area contributed by atoms with E-state index in [-0.39, 0.29) is 13.1 Å². The van der Waals surface area contributed by atoms with Gasteiger partial charge < -0.3 is 25.6 Å². The third kappa shape index (κ3) is 17.3. The van der Waals surface area contributed by atoms with Crippen LogP contribution in [0.25, 0.3) is 0 Å². The summed E-state index contributed by atoms with van der Waals surface area (Å²) < 4.78 is 5.03. The first kappa shape index (κ1) is 27.7. The van der Waals surface area contributed by atoms with Crippen LogP contribution in [0, 0.1) is 0 Å². The van der Waals surface area contributed by atoms with Gasteiger partial charge in [0.2, 0.25) is 0 Å². The van der Waals surface area contributed by atoms with Crippen molar-refractivity contribution < 1.29 is 24.5 Å². The highest BCUT2D eigenvalue weighted by atomic mass is 16.5. The van der Waals surface area contributed by atoms with Gasteiger partial charge in [-0.05, 0) is 20.9 Å². The van der Waals surface area contributed by atoms with Crippen molar-refractivity contribution in [3.63, 3.8) is 0 Å². The van der Waals surface area contributed by atoms with E-state index in [4.69, 9.17) is 14.9 Å². The monoisotopic (exact) mass is 419 g/mol. The van der Waals surface area contributed by atoms with Crippen molar-refractivity contribution in [2.45, 2.75) is 19.9 Å². The molecule has 0 saturated heterocycles. The molecule has 0 spiro atoms. The fourth-order valence-electron chi connectivity index (χ4n) is 2.82. The van der Waals surface area contributed by atoms with Crippen molar-refractivity contribution in [3.05, 3.63) is 0 Å². The zero-order valence-corrected chi connectivity index (χ0v) is 18.5. The quantitative estimate of drug-likeness (QED) is 0.182. The molecule has 0 aliphatic carbocycles. The fraction of sp³-hybridized carbons (Fsp3) is 0.895. The Kier molecular flexibility index (Phi) is 16.8. The number of carboxylic acid groups (broad SMARTS) is 2. The largest absolute Gasteiger partial charge is 0.480 e. The van der Waals surface area contributed by atoms with E-state index >= 15 is 0 Å². The molecule has 0 heterocycles. The maximum Gasteiger partial charge on any atom is 0.317 e. The molecule has 0 aromatic rings. The van der Waals surface area contributed by atoms with Crippen LogP contribution in [0.2, 0.25) is 0 Å². The molecule has 172 valence electrons. The summed E-state index contributed by atoms with van der Waals surface area (Å²) in [4.78, 5) is 27.6. The van der Waals surface area contributed by atoms with E-state index in [0.29, 0.717) is 32.3 Å². The SMILES string of the molecule is COCCN(CCNCCN(CCNCCN(C)CC(=O)O)C(C)C)CC(=O)O. The van der Waals surface area contributed by atoms with Crippen molar-refractivity contribution >= 4 is 11.9 Å². The number of ether oxygens (including phenoxy) is 1. The number of nitrogens with zero attached hydrogens (tertiary/aromatic N) is 3. The van der Waals surface area contributed by atoms with E-state index in [1.54, 1.807) is 19.1 Å². The lowest BCUT2D eigenvalue weighted by molar-refractivity contribution is -0.139. The Bertz CT molecular complexity index is 439. The molecule has 29 heavy (non-hydrogen) atoms. The molecule has 0 saturated carbocycles. The number of hydrogen-bond donors (Lipinski definition) is 4. The minimum atomic E-state index is -0.825. The second kappa shape index (κ2) is 17.5. The Labute approximate surface area is 175 Å². The molecule has 0 aliphatic heterocycles. The van der Waals surface area contributed by atoms with Crippen LogP contribution in [0.3, 0.4) is 0 Å². The molecule has 0 atom stereocenters. The van der Waals surface area contributed by atoms with Crippen LogP contribution >= 0.6 is 0 Å². The fourth-order valence-corrected chi connectivity index (χ4v) is 2.82. The first-order chi connectivity index (χ1) is 13.8. The van der Waals surface area contributed by atoms with E-state index in [1.165, 1.54) is 0 Å². The van der Waals surface area contributed by atoms with Gasteiger partial charge in [-0.3, -0.25) is 24.3 Å². The normalized spacial score (nSPS) is 11.9. The van der Waals surface area contributed by atoms with Gasteiger partial charge in [-0.15, -0.1) is 0 Å². The molecule has 4 N–H and O–H groups in total. The van der Waals surface area contributed by atoms with Crippen LogP contribution < -0.4 is 10.6 Å². The molecular formula is C19H41N5O5. The number of aliphatic carboxylic acids is 2. The third-order valence-corrected chi connectivity index (χ3v) is 4.53. The number of likely N-dealkylation sites (N-methyl/N-ethyl adjacent to an activating group) is 1. The van der Waals surface area contributed by atoms with Crippen molar-refractivity contribution in [1.82, 2.24) is 25.3 Å². The molecule has 0 amide bonds. The second-order valence-corrected chi connectivity index (χ2v) is 7.42. The second-order valence-electron chi connectivity index (χ2n) is 7.42. The first-order valence-electron chi connectivity index (χ1n) is 10.2. The van der Waals surface area contributed by atoms with Crippen LogP contribution in [0.4, 0.5) is 0 Å². The van der Waals surface area contributed by atoms with Crippen LogP contribution in [-0.2, 0) is 14.3 Å². The highest BCUT2D eigenvalue weighted by molar-refractivity contribution is 5.69. The first-order valence-corrected chi connectivity index (χ1v) is 10.2. The number of methoxy groups -OCH3 is 1. The minimum Gasteiger partial charge on any atom is -0.480 e. The number of rotatable bonds is 20. The Morgan fingerprint density at radius 2 is 1.38 bits per heavy atom. The van der Waals surface area contributed by atoms with Gasteiger partial charge in [-0.1, -0.05) is 0 Å². The maximum atomic E-state index is 10.9.